The van der Waals surface area contributed by atoms with E-state index >= 15 is 0 Å². The number of carbonyl (C=O) groups is 2. The van der Waals surface area contributed by atoms with Crippen molar-refractivity contribution in [2.45, 2.75) is 6.54 Å². The van der Waals surface area contributed by atoms with Gasteiger partial charge < -0.3 is 4.74 Å². The molecular formula is C24H15N3O7S2. The summed E-state index contributed by atoms with van der Waals surface area (Å²) < 4.78 is 5.70. The Morgan fingerprint density at radius 1 is 0.972 bits per heavy atom. The molecule has 1 aliphatic rings. The highest BCUT2D eigenvalue weighted by Crippen LogP contribution is 2.34. The van der Waals surface area contributed by atoms with E-state index in [1.54, 1.807) is 18.2 Å². The molecule has 36 heavy (non-hydrogen) atoms. The molecule has 0 bridgehead atoms. The normalized spacial score (nSPS) is 14.2. The Labute approximate surface area is 213 Å². The minimum Gasteiger partial charge on any atom is -0.423 e. The smallest absolute Gasteiger partial charge is 0.344 e. The number of rotatable bonds is 7. The first-order valence-electron chi connectivity index (χ1n) is 10.3. The number of hydrogen-bond acceptors (Lipinski definition) is 9. The van der Waals surface area contributed by atoms with E-state index in [1.165, 1.54) is 17.0 Å². The van der Waals surface area contributed by atoms with Crippen LogP contribution in [0.5, 0.6) is 5.75 Å². The van der Waals surface area contributed by atoms with Gasteiger partial charge in [0.15, 0.2) is 0 Å². The van der Waals surface area contributed by atoms with E-state index in [9.17, 15) is 29.8 Å². The molecule has 0 aliphatic carbocycles. The van der Waals surface area contributed by atoms with Gasteiger partial charge in [-0.1, -0.05) is 66.4 Å². The number of ether oxygens (including phenoxy) is 1. The second-order valence-corrected chi connectivity index (χ2v) is 9.14. The standard InChI is InChI=1S/C24H15N3O7S2/c28-22-21(36-24(35)25(22)14-15-5-2-1-3-6-15)10-16-7-4-8-20(9-16)34-23(29)17-11-18(26(30)31)13-19(12-17)27(32)33/h1-13H,14H2. The summed E-state index contributed by atoms with van der Waals surface area (Å²) in [5.41, 5.74) is -0.0798. The van der Waals surface area contributed by atoms with Gasteiger partial charge in [0.2, 0.25) is 0 Å². The monoisotopic (exact) mass is 521 g/mol. The van der Waals surface area contributed by atoms with Crippen LogP contribution in [-0.4, -0.2) is 30.9 Å². The Morgan fingerprint density at radius 3 is 2.28 bits per heavy atom. The van der Waals surface area contributed by atoms with Gasteiger partial charge in [0, 0.05) is 12.1 Å². The van der Waals surface area contributed by atoms with E-state index in [2.05, 4.69) is 0 Å². The van der Waals surface area contributed by atoms with Crippen molar-refractivity contribution in [3.05, 3.63) is 115 Å². The van der Waals surface area contributed by atoms with Crippen LogP contribution in [0.2, 0.25) is 0 Å². The lowest BCUT2D eigenvalue weighted by Gasteiger charge is -2.14. The Bertz CT molecular complexity index is 1410. The Kier molecular flexibility index (Phi) is 7.17. The molecule has 12 heteroatoms. The van der Waals surface area contributed by atoms with Crippen molar-refractivity contribution >= 4 is 57.6 Å². The molecule has 1 amide bonds. The van der Waals surface area contributed by atoms with E-state index in [4.69, 9.17) is 17.0 Å². The first-order chi connectivity index (χ1) is 17.2. The van der Waals surface area contributed by atoms with Crippen molar-refractivity contribution in [1.82, 2.24) is 4.90 Å². The summed E-state index contributed by atoms with van der Waals surface area (Å²) in [6.45, 7) is 0.343. The fourth-order valence-corrected chi connectivity index (χ4v) is 4.57. The maximum absolute atomic E-state index is 12.9. The van der Waals surface area contributed by atoms with Gasteiger partial charge in [0.25, 0.3) is 17.3 Å². The third-order valence-electron chi connectivity index (χ3n) is 4.98. The molecule has 0 spiro atoms. The maximum Gasteiger partial charge on any atom is 0.344 e. The fraction of sp³-hybridized carbons (Fsp3) is 0.0417. The first kappa shape index (κ1) is 24.7. The summed E-state index contributed by atoms with van der Waals surface area (Å²) in [7, 11) is 0. The van der Waals surface area contributed by atoms with Gasteiger partial charge in [-0.25, -0.2) is 4.79 Å². The van der Waals surface area contributed by atoms with Crippen molar-refractivity contribution in [2.24, 2.45) is 0 Å². The lowest BCUT2D eigenvalue weighted by molar-refractivity contribution is -0.394. The molecule has 1 saturated heterocycles. The fourth-order valence-electron chi connectivity index (χ4n) is 3.31. The number of non-ortho nitro benzene ring substituents is 2. The van der Waals surface area contributed by atoms with Crippen molar-refractivity contribution in [3.63, 3.8) is 0 Å². The van der Waals surface area contributed by atoms with Gasteiger partial charge in [-0.15, -0.1) is 0 Å². The van der Waals surface area contributed by atoms with E-state index in [0.29, 0.717) is 21.3 Å². The van der Waals surface area contributed by atoms with Crippen molar-refractivity contribution in [2.75, 3.05) is 0 Å². The van der Waals surface area contributed by atoms with Crippen LogP contribution in [0.15, 0.2) is 77.7 Å². The minimum absolute atomic E-state index is 0.0858. The number of carbonyl (C=O) groups excluding carboxylic acids is 2. The molecule has 1 fully saturated rings. The van der Waals surface area contributed by atoms with Crippen LogP contribution in [0.3, 0.4) is 0 Å². The van der Waals surface area contributed by atoms with Crippen LogP contribution in [0.1, 0.15) is 21.5 Å². The zero-order chi connectivity index (χ0) is 25.8. The number of thioether (sulfide) groups is 1. The summed E-state index contributed by atoms with van der Waals surface area (Å²) in [6, 6.07) is 18.2. The first-order valence-corrected chi connectivity index (χ1v) is 11.5. The maximum atomic E-state index is 12.9. The number of benzene rings is 3. The van der Waals surface area contributed by atoms with E-state index in [0.717, 1.165) is 35.5 Å². The SMILES string of the molecule is O=C(Oc1cccc(C=C2SC(=S)N(Cc3ccccc3)C2=O)c1)c1cc([N+](=O)[O-])cc([N+](=O)[O-])c1. The molecule has 0 atom stereocenters. The van der Waals surface area contributed by atoms with Crippen LogP contribution in [0.4, 0.5) is 11.4 Å². The molecule has 1 heterocycles. The molecule has 0 radical (unpaired) electrons. The van der Waals surface area contributed by atoms with Gasteiger partial charge >= 0.3 is 5.97 Å². The molecule has 4 rings (SSSR count). The molecule has 10 nitrogen and oxygen atoms in total. The van der Waals surface area contributed by atoms with Crippen molar-refractivity contribution in [3.8, 4) is 5.75 Å². The van der Waals surface area contributed by atoms with E-state index in [1.807, 2.05) is 30.3 Å². The van der Waals surface area contributed by atoms with Gasteiger partial charge in [-0.2, -0.15) is 0 Å². The second-order valence-electron chi connectivity index (χ2n) is 7.47. The third kappa shape index (κ3) is 5.62. The highest BCUT2D eigenvalue weighted by Gasteiger charge is 2.32. The van der Waals surface area contributed by atoms with Crippen LogP contribution < -0.4 is 4.74 Å². The van der Waals surface area contributed by atoms with Gasteiger partial charge in [0.1, 0.15) is 10.1 Å². The number of nitro groups is 2. The number of nitro benzene ring substituents is 2. The Morgan fingerprint density at radius 2 is 1.64 bits per heavy atom. The summed E-state index contributed by atoms with van der Waals surface area (Å²) in [6.07, 6.45) is 1.61. The highest BCUT2D eigenvalue weighted by atomic mass is 32.2. The Hall–Kier alpha value is -4.42. The average Bonchev–Trinajstić information content (AvgIpc) is 3.11. The summed E-state index contributed by atoms with van der Waals surface area (Å²) in [5.74, 6) is -1.17. The average molecular weight is 522 g/mol. The van der Waals surface area contributed by atoms with Gasteiger partial charge in [-0.05, 0) is 29.3 Å². The zero-order valence-electron chi connectivity index (χ0n) is 18.2. The number of esters is 1. The van der Waals surface area contributed by atoms with Crippen LogP contribution in [-0.2, 0) is 11.3 Å². The lowest BCUT2D eigenvalue weighted by atomic mass is 10.1. The van der Waals surface area contributed by atoms with Crippen molar-refractivity contribution in [1.29, 1.82) is 0 Å². The molecule has 3 aromatic carbocycles. The third-order valence-corrected chi connectivity index (χ3v) is 6.36. The zero-order valence-corrected chi connectivity index (χ0v) is 19.9. The summed E-state index contributed by atoms with van der Waals surface area (Å²) in [4.78, 5) is 47.8. The molecule has 0 aromatic heterocycles. The quantitative estimate of drug-likeness (QED) is 0.104. The molecule has 180 valence electrons. The second kappa shape index (κ2) is 10.5. The number of amides is 1. The molecular weight excluding hydrogens is 506 g/mol. The van der Waals surface area contributed by atoms with Gasteiger partial charge in [-0.3, -0.25) is 29.9 Å². The molecule has 1 aliphatic heterocycles. The van der Waals surface area contributed by atoms with Crippen molar-refractivity contribution < 1.29 is 24.2 Å². The van der Waals surface area contributed by atoms with Crippen LogP contribution in [0.25, 0.3) is 6.08 Å². The Balaban J connectivity index is 1.53. The summed E-state index contributed by atoms with van der Waals surface area (Å²) >= 11 is 6.52. The van der Waals surface area contributed by atoms with Gasteiger partial charge in [0.05, 0.1) is 32.9 Å². The van der Waals surface area contributed by atoms with E-state index < -0.39 is 27.2 Å². The van der Waals surface area contributed by atoms with Crippen LogP contribution in [0, 0.1) is 20.2 Å². The number of thiocarbonyl (C=S) groups is 1. The number of hydrogen-bond donors (Lipinski definition) is 0. The van der Waals surface area contributed by atoms with E-state index in [-0.39, 0.29) is 17.2 Å². The molecule has 0 saturated carbocycles. The predicted octanol–water partition coefficient (Wildman–Crippen LogP) is 5.12. The largest absolute Gasteiger partial charge is 0.423 e. The molecule has 3 aromatic rings. The molecule has 0 N–H and O–H groups in total. The summed E-state index contributed by atoms with van der Waals surface area (Å²) in [5, 5.41) is 22.2. The highest BCUT2D eigenvalue weighted by molar-refractivity contribution is 8.26. The predicted molar refractivity (Wildman–Crippen MR) is 136 cm³/mol. The number of nitrogens with zero attached hydrogens (tertiary/aromatic N) is 3. The van der Waals surface area contributed by atoms with Crippen LogP contribution >= 0.6 is 24.0 Å². The molecule has 0 unspecified atom stereocenters. The minimum atomic E-state index is -1.01. The topological polar surface area (TPSA) is 133 Å². The lowest BCUT2D eigenvalue weighted by Crippen LogP contribution is -2.27.